The van der Waals surface area contributed by atoms with Crippen LogP contribution in [0.15, 0.2) is 66.9 Å². The lowest BCUT2D eigenvalue weighted by molar-refractivity contribution is -0.136. The van der Waals surface area contributed by atoms with Crippen molar-refractivity contribution in [1.29, 1.82) is 0 Å². The number of halogens is 1. The van der Waals surface area contributed by atoms with Gasteiger partial charge in [-0.2, -0.15) is 4.98 Å². The van der Waals surface area contributed by atoms with Crippen LogP contribution in [0.25, 0.3) is 0 Å². The Morgan fingerprint density at radius 1 is 0.946 bits per heavy atom. The van der Waals surface area contributed by atoms with E-state index in [0.717, 1.165) is 62.4 Å². The second-order valence-corrected chi connectivity index (χ2v) is 18.2. The minimum atomic E-state index is -2.55. The molecular formula is C40H47ClN9O5P. The number of benzene rings is 3. The number of carbonyl (C=O) groups excluding carboxylic acids is 3. The van der Waals surface area contributed by atoms with Gasteiger partial charge in [0.15, 0.2) is 5.82 Å². The molecule has 2 saturated heterocycles. The molecule has 1 aromatic heterocycles. The third kappa shape index (κ3) is 8.77. The van der Waals surface area contributed by atoms with Gasteiger partial charge in [0.25, 0.3) is 5.91 Å². The number of para-hydroxylation sites is 1. The number of amides is 3. The summed E-state index contributed by atoms with van der Waals surface area (Å²) in [7, 11) is -0.913. The lowest BCUT2D eigenvalue weighted by Gasteiger charge is -2.34. The molecule has 294 valence electrons. The first-order valence-electron chi connectivity index (χ1n) is 18.9. The molecule has 2 fully saturated rings. The molecule has 7 rings (SSSR count). The zero-order valence-corrected chi connectivity index (χ0v) is 33.4. The van der Waals surface area contributed by atoms with E-state index < -0.39 is 19.1 Å². The van der Waals surface area contributed by atoms with Gasteiger partial charge in [0.2, 0.25) is 17.8 Å². The molecule has 3 aliphatic rings. The summed E-state index contributed by atoms with van der Waals surface area (Å²) in [5, 5.41) is 17.1. The fourth-order valence-electron chi connectivity index (χ4n) is 7.50. The van der Waals surface area contributed by atoms with Crippen molar-refractivity contribution in [2.24, 2.45) is 0 Å². The van der Waals surface area contributed by atoms with Crippen molar-refractivity contribution in [2.75, 3.05) is 67.5 Å². The number of aromatic nitrogens is 2. The number of nitrogens with zero attached hydrogens (tertiary/aromatic N) is 4. The lowest BCUT2D eigenvalue weighted by atomic mass is 10.0. The largest absolute Gasteiger partial charge is 0.494 e. The number of hydrogen-bond acceptors (Lipinski definition) is 12. The Hall–Kier alpha value is -5.17. The Labute approximate surface area is 331 Å². The van der Waals surface area contributed by atoms with Crippen molar-refractivity contribution in [2.45, 2.75) is 50.7 Å². The summed E-state index contributed by atoms with van der Waals surface area (Å²) < 4.78 is 18.6. The van der Waals surface area contributed by atoms with Crippen LogP contribution in [0.3, 0.4) is 0 Å². The van der Waals surface area contributed by atoms with Gasteiger partial charge in [-0.1, -0.05) is 29.8 Å². The number of methoxy groups -OCH3 is 1. The lowest BCUT2D eigenvalue weighted by Crippen LogP contribution is -2.52. The molecular weight excluding hydrogens is 753 g/mol. The van der Waals surface area contributed by atoms with Gasteiger partial charge in [-0.3, -0.25) is 19.7 Å². The highest BCUT2D eigenvalue weighted by atomic mass is 35.5. The molecule has 5 N–H and O–H groups in total. The number of imide groups is 1. The molecule has 56 heavy (non-hydrogen) atoms. The van der Waals surface area contributed by atoms with Gasteiger partial charge >= 0.3 is 0 Å². The van der Waals surface area contributed by atoms with E-state index in [2.05, 4.69) is 47.5 Å². The summed E-state index contributed by atoms with van der Waals surface area (Å²) in [5.74, 6) is 0.518. The summed E-state index contributed by atoms with van der Waals surface area (Å²) >= 11 is 6.46. The second-order valence-electron chi connectivity index (χ2n) is 14.6. The smallest absolute Gasteiger partial charge is 0.255 e. The molecule has 0 saturated carbocycles. The molecule has 14 nitrogen and oxygen atoms in total. The summed E-state index contributed by atoms with van der Waals surface area (Å²) in [4.78, 5) is 50.1. The zero-order valence-electron chi connectivity index (χ0n) is 31.7. The molecule has 3 amide bonds. The standard InChI is InChI=1S/C40H47ClN9O5P/c1-55-34-22-26(12-13-31(34)46-40-44-23-29(41)37(48-40)45-32-9-4-5-11-35(32)56(2,3)54)49-20-16-25(17-21-49)42-18-7-19-43-30-10-6-8-27-28(30)24-50(39(27)53)33-14-15-36(51)47-38(33)52/h4-6,8-13,22-23,25,33,42-43H,7,14-21,24H2,1-3H3,(H,47,51,52)(H2,44,45,46,48). The van der Waals surface area contributed by atoms with Crippen LogP contribution in [0.4, 0.5) is 34.5 Å². The second kappa shape index (κ2) is 16.9. The molecule has 3 aliphatic heterocycles. The fraction of sp³-hybridized carbons (Fsp3) is 0.375. The predicted octanol–water partition coefficient (Wildman–Crippen LogP) is 5.70. The van der Waals surface area contributed by atoms with Crippen molar-refractivity contribution in [1.82, 2.24) is 25.5 Å². The van der Waals surface area contributed by atoms with Crippen LogP contribution < -0.4 is 41.5 Å². The molecule has 1 atom stereocenters. The third-order valence-corrected chi connectivity index (χ3v) is 12.3. The number of hydrogen-bond donors (Lipinski definition) is 5. The highest BCUT2D eigenvalue weighted by Crippen LogP contribution is 2.39. The Kier molecular flexibility index (Phi) is 11.8. The number of carbonyl (C=O) groups is 3. The van der Waals surface area contributed by atoms with Crippen LogP contribution in [-0.4, -0.2) is 91.3 Å². The van der Waals surface area contributed by atoms with Gasteiger partial charge < -0.3 is 40.4 Å². The average Bonchev–Trinajstić information content (AvgIpc) is 3.52. The molecule has 4 aromatic rings. The summed E-state index contributed by atoms with van der Waals surface area (Å²) in [6.07, 6.45) is 5.01. The average molecular weight is 800 g/mol. The van der Waals surface area contributed by atoms with Gasteiger partial charge in [0.05, 0.1) is 24.7 Å². The number of piperidine rings is 2. The molecule has 4 heterocycles. The first-order chi connectivity index (χ1) is 27.0. The number of fused-ring (bicyclic) bond motifs is 1. The van der Waals surface area contributed by atoms with E-state index in [9.17, 15) is 18.9 Å². The molecule has 3 aromatic carbocycles. The van der Waals surface area contributed by atoms with E-state index in [-0.39, 0.29) is 18.2 Å². The number of anilines is 6. The molecule has 16 heteroatoms. The van der Waals surface area contributed by atoms with Crippen LogP contribution in [0.2, 0.25) is 5.02 Å². The SMILES string of the molecule is COc1cc(N2CCC(NCCCNc3cccc4c3CN(C3CCC(=O)NC3=O)C4=O)CC2)ccc1Nc1ncc(Cl)c(Nc2ccccc2P(C)(C)=O)n1. The Bertz CT molecular complexity index is 2170. The highest BCUT2D eigenvalue weighted by Gasteiger charge is 2.39. The summed E-state index contributed by atoms with van der Waals surface area (Å²) in [6, 6.07) is 18.9. The summed E-state index contributed by atoms with van der Waals surface area (Å²) in [6.45, 7) is 7.20. The number of nitrogens with one attached hydrogen (secondary N) is 5. The quantitative estimate of drug-likeness (QED) is 0.0601. The maximum absolute atomic E-state index is 13.1. The van der Waals surface area contributed by atoms with E-state index in [1.54, 1.807) is 31.4 Å². The van der Waals surface area contributed by atoms with Crippen LogP contribution in [0.1, 0.15) is 48.0 Å². The first-order valence-corrected chi connectivity index (χ1v) is 21.8. The van der Waals surface area contributed by atoms with E-state index in [4.69, 9.17) is 16.3 Å². The van der Waals surface area contributed by atoms with Crippen molar-refractivity contribution in [3.8, 4) is 5.75 Å². The Morgan fingerprint density at radius 2 is 1.73 bits per heavy atom. The van der Waals surface area contributed by atoms with Crippen molar-refractivity contribution in [3.63, 3.8) is 0 Å². The molecule has 0 bridgehead atoms. The van der Waals surface area contributed by atoms with E-state index >= 15 is 0 Å². The van der Waals surface area contributed by atoms with Crippen molar-refractivity contribution < 1.29 is 23.7 Å². The minimum Gasteiger partial charge on any atom is -0.494 e. The van der Waals surface area contributed by atoms with Crippen LogP contribution in [-0.2, 0) is 20.7 Å². The van der Waals surface area contributed by atoms with Gasteiger partial charge in [0, 0.05) is 72.5 Å². The van der Waals surface area contributed by atoms with Gasteiger partial charge in [-0.05, 0) is 82.0 Å². The Morgan fingerprint density at radius 3 is 2.50 bits per heavy atom. The van der Waals surface area contributed by atoms with Crippen LogP contribution in [0.5, 0.6) is 5.75 Å². The van der Waals surface area contributed by atoms with Crippen LogP contribution in [0, 0.1) is 0 Å². The number of ether oxygens (including phenoxy) is 1. The Balaban J connectivity index is 0.878. The van der Waals surface area contributed by atoms with E-state index in [1.807, 2.05) is 48.5 Å². The maximum atomic E-state index is 13.1. The monoisotopic (exact) mass is 799 g/mol. The van der Waals surface area contributed by atoms with Crippen LogP contribution >= 0.6 is 18.7 Å². The van der Waals surface area contributed by atoms with Gasteiger partial charge in [-0.25, -0.2) is 4.98 Å². The fourth-order valence-corrected chi connectivity index (χ4v) is 8.80. The predicted molar refractivity (Wildman–Crippen MR) is 221 cm³/mol. The normalized spacial score (nSPS) is 17.4. The topological polar surface area (TPSA) is 170 Å². The minimum absolute atomic E-state index is 0.168. The van der Waals surface area contributed by atoms with Gasteiger partial charge in [0.1, 0.15) is 24.0 Å². The van der Waals surface area contributed by atoms with Crippen molar-refractivity contribution in [3.05, 3.63) is 83.0 Å². The summed E-state index contributed by atoms with van der Waals surface area (Å²) in [5.41, 5.74) is 4.87. The maximum Gasteiger partial charge on any atom is 0.255 e. The molecule has 0 radical (unpaired) electrons. The van der Waals surface area contributed by atoms with E-state index in [1.165, 1.54) is 6.20 Å². The highest BCUT2D eigenvalue weighted by molar-refractivity contribution is 7.70. The van der Waals surface area contributed by atoms with Crippen molar-refractivity contribution >= 4 is 76.3 Å². The molecule has 0 aliphatic carbocycles. The van der Waals surface area contributed by atoms with Gasteiger partial charge in [-0.15, -0.1) is 0 Å². The number of rotatable bonds is 14. The third-order valence-electron chi connectivity index (χ3n) is 10.5. The first kappa shape index (κ1) is 39.1. The molecule has 0 spiro atoms. The van der Waals surface area contributed by atoms with E-state index in [0.29, 0.717) is 63.8 Å². The zero-order chi connectivity index (χ0) is 39.4. The molecule has 1 unspecified atom stereocenters.